The van der Waals surface area contributed by atoms with Gasteiger partial charge in [0, 0.05) is 17.1 Å². The van der Waals surface area contributed by atoms with Gasteiger partial charge in [0.1, 0.15) is 16.1 Å². The van der Waals surface area contributed by atoms with E-state index in [2.05, 4.69) is 15.9 Å². The molecule has 0 atom stereocenters. The number of likely N-dealkylation sites (N-methyl/N-ethyl adjacent to an activating group) is 1. The second-order valence-electron chi connectivity index (χ2n) is 3.87. The Balaban J connectivity index is 2.37. The van der Waals surface area contributed by atoms with Crippen LogP contribution in [0.3, 0.4) is 0 Å². The Hall–Kier alpha value is -1.36. The molecule has 102 valence electrons. The molecule has 2 rings (SSSR count). The summed E-state index contributed by atoms with van der Waals surface area (Å²) in [6.07, 6.45) is 1.72. The fourth-order valence-corrected chi connectivity index (χ4v) is 3.11. The number of hydrogen-bond acceptors (Lipinski definition) is 5. The molecule has 1 aromatic carbocycles. The van der Waals surface area contributed by atoms with Gasteiger partial charge in [0.15, 0.2) is 6.61 Å². The highest BCUT2D eigenvalue weighted by atomic mass is 79.9. The van der Waals surface area contributed by atoms with Crippen molar-refractivity contribution in [3.8, 4) is 11.8 Å². The number of rotatable bonds is 3. The summed E-state index contributed by atoms with van der Waals surface area (Å²) >= 11 is 9.71. The molecule has 20 heavy (non-hydrogen) atoms. The number of hydrogen-bond donors (Lipinski definition) is 0. The van der Waals surface area contributed by atoms with Gasteiger partial charge in [-0.1, -0.05) is 39.9 Å². The predicted molar refractivity (Wildman–Crippen MR) is 86.2 cm³/mol. The van der Waals surface area contributed by atoms with Crippen molar-refractivity contribution in [2.24, 2.45) is 0 Å². The van der Waals surface area contributed by atoms with Crippen LogP contribution in [0.25, 0.3) is 6.08 Å². The summed E-state index contributed by atoms with van der Waals surface area (Å²) in [6.45, 7) is -0.0444. The van der Waals surface area contributed by atoms with Gasteiger partial charge in [0.05, 0.1) is 4.91 Å². The summed E-state index contributed by atoms with van der Waals surface area (Å²) in [5.41, 5.74) is 0.726. The molecule has 1 saturated heterocycles. The molecule has 0 radical (unpaired) electrons. The van der Waals surface area contributed by atoms with Crippen LogP contribution >= 0.6 is 39.9 Å². The smallest absolute Gasteiger partial charge is 0.265 e. The molecule has 1 aliphatic rings. The van der Waals surface area contributed by atoms with Crippen LogP contribution in [-0.4, -0.2) is 28.8 Å². The van der Waals surface area contributed by atoms with Gasteiger partial charge >= 0.3 is 0 Å². The van der Waals surface area contributed by atoms with Gasteiger partial charge in [-0.05, 0) is 24.3 Å². The maximum Gasteiger partial charge on any atom is 0.265 e. The average Bonchev–Trinajstić information content (AvgIpc) is 2.66. The standard InChI is InChI=1S/C13H9BrN2O2S2/c1-16-12(17)11(20-13(16)19)7-8-6-9(14)2-3-10(8)18-5-4-15/h2-3,6-7H,5H2,1H3/b11-7-. The van der Waals surface area contributed by atoms with Crippen molar-refractivity contribution in [1.82, 2.24) is 4.90 Å². The van der Waals surface area contributed by atoms with E-state index in [9.17, 15) is 4.79 Å². The zero-order valence-electron chi connectivity index (χ0n) is 10.4. The molecular weight excluding hydrogens is 360 g/mol. The third-order valence-corrected chi connectivity index (χ3v) is 4.52. The molecule has 0 aliphatic carbocycles. The zero-order chi connectivity index (χ0) is 14.7. The van der Waals surface area contributed by atoms with E-state index >= 15 is 0 Å². The van der Waals surface area contributed by atoms with Crippen LogP contribution in [-0.2, 0) is 4.79 Å². The highest BCUT2D eigenvalue weighted by Crippen LogP contribution is 2.34. The molecule has 0 bridgehead atoms. The van der Waals surface area contributed by atoms with Crippen molar-refractivity contribution >= 4 is 56.2 Å². The fraction of sp³-hybridized carbons (Fsp3) is 0.154. The molecule has 1 amide bonds. The molecule has 7 heteroatoms. The quantitative estimate of drug-likeness (QED) is 0.605. The van der Waals surface area contributed by atoms with Gasteiger partial charge in [-0.3, -0.25) is 9.69 Å². The Kier molecular flexibility index (Phi) is 4.81. The topological polar surface area (TPSA) is 53.3 Å². The molecule has 1 aliphatic heterocycles. The minimum atomic E-state index is -0.133. The summed E-state index contributed by atoms with van der Waals surface area (Å²) < 4.78 is 6.73. The van der Waals surface area contributed by atoms with Crippen LogP contribution in [0.4, 0.5) is 0 Å². The second kappa shape index (κ2) is 6.39. The molecular formula is C13H9BrN2O2S2. The lowest BCUT2D eigenvalue weighted by Gasteiger charge is -2.07. The Morgan fingerprint density at radius 3 is 2.95 bits per heavy atom. The normalized spacial score (nSPS) is 16.6. The molecule has 1 fully saturated rings. The van der Waals surface area contributed by atoms with E-state index in [0.717, 1.165) is 10.0 Å². The van der Waals surface area contributed by atoms with E-state index in [0.29, 0.717) is 15.0 Å². The Labute approximate surface area is 134 Å². The lowest BCUT2D eigenvalue weighted by atomic mass is 10.2. The first kappa shape index (κ1) is 15.0. The number of ether oxygens (including phenoxy) is 1. The molecule has 0 spiro atoms. The van der Waals surface area contributed by atoms with Crippen molar-refractivity contribution in [3.63, 3.8) is 0 Å². The minimum Gasteiger partial charge on any atom is -0.478 e. The third kappa shape index (κ3) is 3.20. The van der Waals surface area contributed by atoms with E-state index in [1.165, 1.54) is 16.7 Å². The first-order valence-electron chi connectivity index (χ1n) is 5.54. The number of halogens is 1. The van der Waals surface area contributed by atoms with E-state index in [-0.39, 0.29) is 12.5 Å². The molecule has 4 nitrogen and oxygen atoms in total. The zero-order valence-corrected chi connectivity index (χ0v) is 13.6. The Morgan fingerprint density at radius 2 is 2.35 bits per heavy atom. The molecule has 0 saturated carbocycles. The first-order valence-corrected chi connectivity index (χ1v) is 7.55. The van der Waals surface area contributed by atoms with Gasteiger partial charge in [0.2, 0.25) is 0 Å². The van der Waals surface area contributed by atoms with Gasteiger partial charge in [-0.2, -0.15) is 5.26 Å². The predicted octanol–water partition coefficient (Wildman–Crippen LogP) is 3.18. The van der Waals surface area contributed by atoms with Crippen molar-refractivity contribution in [1.29, 1.82) is 5.26 Å². The number of nitriles is 1. The fourth-order valence-electron chi connectivity index (χ4n) is 1.56. The SMILES string of the molecule is CN1C(=O)/C(=C/c2cc(Br)ccc2OCC#N)SC1=S. The number of amides is 1. The molecule has 0 unspecified atom stereocenters. The Bertz CT molecular complexity index is 652. The van der Waals surface area contributed by atoms with E-state index < -0.39 is 0 Å². The molecule has 1 aromatic rings. The highest BCUT2D eigenvalue weighted by Gasteiger charge is 2.28. The van der Waals surface area contributed by atoms with Crippen molar-refractivity contribution in [2.45, 2.75) is 0 Å². The number of nitrogens with zero attached hydrogens (tertiary/aromatic N) is 2. The Morgan fingerprint density at radius 1 is 1.60 bits per heavy atom. The number of carbonyl (C=O) groups excluding carboxylic acids is 1. The summed E-state index contributed by atoms with van der Waals surface area (Å²) in [5.74, 6) is 0.419. The van der Waals surface area contributed by atoms with Gasteiger partial charge in [0.25, 0.3) is 5.91 Å². The van der Waals surface area contributed by atoms with Crippen LogP contribution in [0.5, 0.6) is 5.75 Å². The largest absolute Gasteiger partial charge is 0.478 e. The number of thioether (sulfide) groups is 1. The number of benzene rings is 1. The lowest BCUT2D eigenvalue weighted by molar-refractivity contribution is -0.121. The van der Waals surface area contributed by atoms with E-state index in [1.54, 1.807) is 19.2 Å². The minimum absolute atomic E-state index is 0.0444. The second-order valence-corrected chi connectivity index (χ2v) is 6.46. The van der Waals surface area contributed by atoms with Crippen molar-refractivity contribution in [3.05, 3.63) is 33.1 Å². The van der Waals surface area contributed by atoms with Crippen molar-refractivity contribution < 1.29 is 9.53 Å². The average molecular weight is 369 g/mol. The third-order valence-electron chi connectivity index (χ3n) is 2.54. The molecule has 1 heterocycles. The van der Waals surface area contributed by atoms with Crippen LogP contribution < -0.4 is 4.74 Å². The summed E-state index contributed by atoms with van der Waals surface area (Å²) in [5, 5.41) is 8.59. The van der Waals surface area contributed by atoms with Crippen LogP contribution in [0, 0.1) is 11.3 Å². The maximum atomic E-state index is 12.0. The van der Waals surface area contributed by atoms with Crippen LogP contribution in [0.2, 0.25) is 0 Å². The first-order chi connectivity index (χ1) is 9.52. The van der Waals surface area contributed by atoms with Gasteiger partial charge < -0.3 is 4.74 Å². The van der Waals surface area contributed by atoms with E-state index in [4.69, 9.17) is 22.2 Å². The molecule has 0 aromatic heterocycles. The number of thiocarbonyl (C=S) groups is 1. The van der Waals surface area contributed by atoms with E-state index in [1.807, 2.05) is 18.2 Å². The van der Waals surface area contributed by atoms with Gasteiger partial charge in [-0.25, -0.2) is 0 Å². The van der Waals surface area contributed by atoms with Crippen LogP contribution in [0.1, 0.15) is 5.56 Å². The van der Waals surface area contributed by atoms with Crippen LogP contribution in [0.15, 0.2) is 27.6 Å². The lowest BCUT2D eigenvalue weighted by Crippen LogP contribution is -2.22. The van der Waals surface area contributed by atoms with Gasteiger partial charge in [-0.15, -0.1) is 0 Å². The maximum absolute atomic E-state index is 12.0. The number of carbonyl (C=O) groups is 1. The summed E-state index contributed by atoms with van der Waals surface area (Å²) in [4.78, 5) is 13.9. The summed E-state index contributed by atoms with van der Waals surface area (Å²) in [7, 11) is 1.65. The monoisotopic (exact) mass is 368 g/mol. The van der Waals surface area contributed by atoms with Crippen molar-refractivity contribution in [2.75, 3.05) is 13.7 Å². The summed E-state index contributed by atoms with van der Waals surface area (Å²) in [6, 6.07) is 7.31. The molecule has 0 N–H and O–H groups in total. The highest BCUT2D eigenvalue weighted by molar-refractivity contribution is 9.10.